The van der Waals surface area contributed by atoms with E-state index in [0.29, 0.717) is 30.4 Å². The van der Waals surface area contributed by atoms with Crippen LogP contribution in [-0.4, -0.2) is 54.3 Å². The number of esters is 2. The third kappa shape index (κ3) is 5.59. The number of carbonyl (C=O) groups excluding carboxylic acids is 5. The van der Waals surface area contributed by atoms with Gasteiger partial charge in [0, 0.05) is 13.0 Å². The lowest BCUT2D eigenvalue weighted by molar-refractivity contribution is -0.116. The van der Waals surface area contributed by atoms with E-state index in [9.17, 15) is 24.0 Å². The number of anilines is 1. The first-order valence-electron chi connectivity index (χ1n) is 11.5. The van der Waals surface area contributed by atoms with Crippen molar-refractivity contribution in [3.8, 4) is 0 Å². The second-order valence-corrected chi connectivity index (χ2v) is 7.84. The van der Waals surface area contributed by atoms with Crippen molar-refractivity contribution in [2.75, 3.05) is 25.1 Å². The van der Waals surface area contributed by atoms with E-state index in [-0.39, 0.29) is 60.8 Å². The average molecular weight is 485 g/mol. The molecule has 0 saturated carbocycles. The number of ether oxygens (including phenoxy) is 2. The van der Waals surface area contributed by atoms with Gasteiger partial charge in [0.05, 0.1) is 24.3 Å². The molecule has 0 aliphatic carbocycles. The predicted molar refractivity (Wildman–Crippen MR) is 124 cm³/mol. The first-order valence-corrected chi connectivity index (χ1v) is 11.5. The number of amides is 3. The van der Waals surface area contributed by atoms with Gasteiger partial charge < -0.3 is 13.9 Å². The number of carbonyl (C=O) groups is 5. The molecule has 10 nitrogen and oxygen atoms in total. The largest absolute Gasteiger partial charge is 0.462 e. The molecular formula is C25H28N2O8. The second kappa shape index (κ2) is 11.5. The Bertz CT molecular complexity index is 1120. The van der Waals surface area contributed by atoms with Crippen LogP contribution in [0.1, 0.15) is 86.7 Å². The number of nitrogens with one attached hydrogen (secondary N) is 1. The summed E-state index contributed by atoms with van der Waals surface area (Å²) in [6, 6.07) is 6.70. The summed E-state index contributed by atoms with van der Waals surface area (Å²) >= 11 is 0. The minimum Gasteiger partial charge on any atom is -0.462 e. The van der Waals surface area contributed by atoms with Crippen molar-refractivity contribution in [2.24, 2.45) is 0 Å². The van der Waals surface area contributed by atoms with E-state index >= 15 is 0 Å². The SMILES string of the molecule is CCOC(=O)c1c(C)oc(NC(=O)CCCCCN2C(=O)c3ccccc3C2=O)c1C(=O)OCC. The minimum atomic E-state index is -0.802. The molecule has 1 aliphatic rings. The molecule has 1 aliphatic heterocycles. The molecule has 1 aromatic heterocycles. The van der Waals surface area contributed by atoms with Crippen molar-refractivity contribution in [1.82, 2.24) is 4.90 Å². The normalized spacial score (nSPS) is 12.5. The van der Waals surface area contributed by atoms with E-state index in [4.69, 9.17) is 13.9 Å². The molecule has 2 aromatic rings. The molecule has 35 heavy (non-hydrogen) atoms. The lowest BCUT2D eigenvalue weighted by Gasteiger charge is -2.13. The number of furan rings is 1. The highest BCUT2D eigenvalue weighted by molar-refractivity contribution is 6.21. The highest BCUT2D eigenvalue weighted by Gasteiger charge is 2.34. The molecule has 1 aromatic carbocycles. The van der Waals surface area contributed by atoms with Gasteiger partial charge in [0.15, 0.2) is 0 Å². The summed E-state index contributed by atoms with van der Waals surface area (Å²) in [4.78, 5) is 63.2. The Morgan fingerprint density at radius 2 is 1.46 bits per heavy atom. The number of aryl methyl sites for hydroxylation is 1. The monoisotopic (exact) mass is 484 g/mol. The van der Waals surface area contributed by atoms with Gasteiger partial charge in [0.2, 0.25) is 11.8 Å². The fourth-order valence-electron chi connectivity index (χ4n) is 3.84. The van der Waals surface area contributed by atoms with Crippen LogP contribution in [0.15, 0.2) is 28.7 Å². The molecule has 0 radical (unpaired) electrons. The molecule has 3 amide bonds. The lowest BCUT2D eigenvalue weighted by Crippen LogP contribution is -2.30. The molecular weight excluding hydrogens is 456 g/mol. The third-order valence-electron chi connectivity index (χ3n) is 5.46. The Morgan fingerprint density at radius 3 is 2.03 bits per heavy atom. The van der Waals surface area contributed by atoms with Crippen molar-refractivity contribution < 1.29 is 37.9 Å². The Hall–Kier alpha value is -3.95. The summed E-state index contributed by atoms with van der Waals surface area (Å²) in [7, 11) is 0. The van der Waals surface area contributed by atoms with Crippen LogP contribution in [0.2, 0.25) is 0 Å². The maximum absolute atomic E-state index is 12.5. The molecule has 186 valence electrons. The number of hydrogen-bond acceptors (Lipinski definition) is 8. The van der Waals surface area contributed by atoms with Gasteiger partial charge in [-0.15, -0.1) is 0 Å². The molecule has 3 rings (SSSR count). The van der Waals surface area contributed by atoms with E-state index in [0.717, 1.165) is 0 Å². The summed E-state index contributed by atoms with van der Waals surface area (Å²) in [6.07, 6.45) is 1.73. The summed E-state index contributed by atoms with van der Waals surface area (Å²) < 4.78 is 15.5. The van der Waals surface area contributed by atoms with Gasteiger partial charge >= 0.3 is 11.9 Å². The number of benzene rings is 1. The Kier molecular flexibility index (Phi) is 8.40. The highest BCUT2D eigenvalue weighted by Crippen LogP contribution is 2.29. The number of rotatable bonds is 11. The van der Waals surface area contributed by atoms with E-state index in [1.54, 1.807) is 38.1 Å². The van der Waals surface area contributed by atoms with Gasteiger partial charge in [-0.3, -0.25) is 24.6 Å². The van der Waals surface area contributed by atoms with Crippen LogP contribution >= 0.6 is 0 Å². The number of hydrogen-bond donors (Lipinski definition) is 1. The summed E-state index contributed by atoms with van der Waals surface area (Å²) in [6.45, 7) is 5.19. The molecule has 0 atom stereocenters. The van der Waals surface area contributed by atoms with E-state index in [1.807, 2.05) is 0 Å². The van der Waals surface area contributed by atoms with Gasteiger partial charge in [0.1, 0.15) is 16.9 Å². The topological polar surface area (TPSA) is 132 Å². The quantitative estimate of drug-likeness (QED) is 0.290. The highest BCUT2D eigenvalue weighted by atomic mass is 16.5. The number of imide groups is 1. The molecule has 0 spiro atoms. The van der Waals surface area contributed by atoms with Crippen LogP contribution in [0, 0.1) is 6.92 Å². The van der Waals surface area contributed by atoms with Crippen molar-refractivity contribution >= 4 is 35.5 Å². The predicted octanol–water partition coefficient (Wildman–Crippen LogP) is 3.74. The molecule has 1 N–H and O–H groups in total. The molecule has 2 heterocycles. The standard InChI is InChI=1S/C25H28N2O8/c1-4-33-24(31)19-15(3)35-21(20(19)25(32)34-5-2)26-18(28)13-7-6-10-14-27-22(29)16-11-8-9-12-17(16)23(27)30/h8-9,11-12H,4-7,10,13-14H2,1-3H3,(H,26,28). The van der Waals surface area contributed by atoms with Crippen LogP contribution in [0.5, 0.6) is 0 Å². The van der Waals surface area contributed by atoms with E-state index in [2.05, 4.69) is 5.32 Å². The van der Waals surface area contributed by atoms with Crippen molar-refractivity contribution in [1.29, 1.82) is 0 Å². The Labute approximate surface area is 202 Å². The van der Waals surface area contributed by atoms with Crippen molar-refractivity contribution in [2.45, 2.75) is 46.5 Å². The number of nitrogens with zero attached hydrogens (tertiary/aromatic N) is 1. The fraction of sp³-hybridized carbons (Fsp3) is 0.400. The van der Waals surface area contributed by atoms with Gasteiger partial charge in [-0.1, -0.05) is 18.6 Å². The second-order valence-electron chi connectivity index (χ2n) is 7.84. The summed E-state index contributed by atoms with van der Waals surface area (Å²) in [5, 5.41) is 2.53. The maximum atomic E-state index is 12.5. The van der Waals surface area contributed by atoms with Crippen LogP contribution < -0.4 is 5.32 Å². The van der Waals surface area contributed by atoms with Gasteiger partial charge in [-0.25, -0.2) is 9.59 Å². The van der Waals surface area contributed by atoms with Crippen LogP contribution in [-0.2, 0) is 14.3 Å². The first kappa shape index (κ1) is 25.7. The Balaban J connectivity index is 1.54. The number of fused-ring (bicyclic) bond motifs is 1. The Morgan fingerprint density at radius 1 is 0.886 bits per heavy atom. The molecule has 0 fully saturated rings. The van der Waals surface area contributed by atoms with Crippen molar-refractivity contribution in [3.63, 3.8) is 0 Å². The lowest BCUT2D eigenvalue weighted by atomic mass is 10.1. The maximum Gasteiger partial charge on any atom is 0.344 e. The summed E-state index contributed by atoms with van der Waals surface area (Å²) in [5.74, 6) is -2.61. The van der Waals surface area contributed by atoms with Gasteiger partial charge in [-0.05, 0) is 45.7 Å². The van der Waals surface area contributed by atoms with E-state index < -0.39 is 17.8 Å². The smallest absolute Gasteiger partial charge is 0.344 e. The van der Waals surface area contributed by atoms with E-state index in [1.165, 1.54) is 11.8 Å². The zero-order valence-electron chi connectivity index (χ0n) is 20.0. The van der Waals surface area contributed by atoms with Gasteiger partial charge in [0.25, 0.3) is 11.8 Å². The van der Waals surface area contributed by atoms with Crippen LogP contribution in [0.4, 0.5) is 5.88 Å². The molecule has 10 heteroatoms. The van der Waals surface area contributed by atoms with Gasteiger partial charge in [-0.2, -0.15) is 0 Å². The summed E-state index contributed by atoms with van der Waals surface area (Å²) in [5.41, 5.74) is 0.554. The molecule has 0 unspecified atom stereocenters. The first-order chi connectivity index (χ1) is 16.8. The molecule has 0 bridgehead atoms. The fourth-order valence-corrected chi connectivity index (χ4v) is 3.84. The minimum absolute atomic E-state index is 0.0752. The zero-order chi connectivity index (χ0) is 25.5. The average Bonchev–Trinajstić information content (AvgIpc) is 3.27. The zero-order valence-corrected chi connectivity index (χ0v) is 20.0. The third-order valence-corrected chi connectivity index (χ3v) is 5.46. The van der Waals surface area contributed by atoms with Crippen molar-refractivity contribution in [3.05, 3.63) is 52.3 Å². The molecule has 0 saturated heterocycles. The van der Waals surface area contributed by atoms with Crippen LogP contribution in [0.25, 0.3) is 0 Å². The van der Waals surface area contributed by atoms with Crippen LogP contribution in [0.3, 0.4) is 0 Å². The number of unbranched alkanes of at least 4 members (excludes halogenated alkanes) is 2.